The second kappa shape index (κ2) is 7.84. The summed E-state index contributed by atoms with van der Waals surface area (Å²) in [6.45, 7) is 4.19. The minimum Gasteiger partial charge on any atom is -0.310 e. The molecular weight excluding hydrogens is 326 g/mol. The first kappa shape index (κ1) is 17.8. The molecule has 0 N–H and O–H groups in total. The molecule has 1 amide bonds. The Kier molecular flexibility index (Phi) is 5.82. The zero-order valence-electron chi connectivity index (χ0n) is 13.9. The number of hydrogen-bond donors (Lipinski definition) is 0. The summed E-state index contributed by atoms with van der Waals surface area (Å²) in [6.07, 6.45) is 3.11. The van der Waals surface area contributed by atoms with E-state index in [1.807, 2.05) is 32.0 Å². The fraction of sp³-hybridized carbons (Fsp3) is 0.375. The highest BCUT2D eigenvalue weighted by molar-refractivity contribution is 7.84. The first-order chi connectivity index (χ1) is 11.5. The molecule has 1 aromatic carbocycles. The van der Waals surface area contributed by atoms with Gasteiger partial charge in [-0.1, -0.05) is 12.1 Å². The Labute approximate surface area is 143 Å². The van der Waals surface area contributed by atoms with Crippen LogP contribution in [-0.2, 0) is 22.1 Å². The molecule has 1 aromatic heterocycles. The molecule has 0 fully saturated rings. The van der Waals surface area contributed by atoms with Gasteiger partial charge < -0.3 is 4.90 Å². The number of aryl methyl sites for hydroxylation is 1. The van der Waals surface area contributed by atoms with Crippen molar-refractivity contribution < 1.29 is 9.00 Å². The Bertz CT molecular complexity index is 809. The lowest BCUT2D eigenvalue weighted by Gasteiger charge is -2.24. The molecule has 0 unspecified atom stereocenters. The Morgan fingerprint density at radius 3 is 2.83 bits per heavy atom. The Morgan fingerprint density at radius 2 is 2.17 bits per heavy atom. The normalized spacial score (nSPS) is 11.8. The van der Waals surface area contributed by atoms with Crippen molar-refractivity contribution in [1.29, 1.82) is 5.26 Å². The quantitative estimate of drug-likeness (QED) is 0.792. The van der Waals surface area contributed by atoms with Crippen molar-refractivity contribution in [3.63, 3.8) is 0 Å². The van der Waals surface area contributed by atoms with Gasteiger partial charge in [-0.25, -0.2) is 0 Å². The van der Waals surface area contributed by atoms with Crippen LogP contribution in [0.5, 0.6) is 0 Å². The van der Waals surface area contributed by atoms with Crippen LogP contribution in [0, 0.1) is 25.2 Å². The van der Waals surface area contributed by atoms with Crippen molar-refractivity contribution in [3.8, 4) is 6.07 Å². The lowest BCUT2D eigenvalue weighted by molar-refractivity contribution is -0.119. The van der Waals surface area contributed by atoms with Crippen molar-refractivity contribution in [2.24, 2.45) is 0 Å². The van der Waals surface area contributed by atoms with Crippen molar-refractivity contribution in [3.05, 3.63) is 35.7 Å². The van der Waals surface area contributed by atoms with E-state index in [0.29, 0.717) is 6.54 Å². The van der Waals surface area contributed by atoms with Gasteiger partial charge in [-0.3, -0.25) is 13.6 Å². The van der Waals surface area contributed by atoms with Gasteiger partial charge in [0.25, 0.3) is 0 Å². The molecule has 7 nitrogen and oxygen atoms in total. The van der Waals surface area contributed by atoms with E-state index in [2.05, 4.69) is 16.3 Å². The van der Waals surface area contributed by atoms with Gasteiger partial charge in [-0.2, -0.15) is 5.26 Å². The third-order valence-corrected chi connectivity index (χ3v) is 4.59. The average molecular weight is 345 g/mol. The van der Waals surface area contributed by atoms with Crippen LogP contribution in [0.4, 0.5) is 5.69 Å². The molecular formula is C16H19N5O2S. The third kappa shape index (κ3) is 3.86. The van der Waals surface area contributed by atoms with Crippen LogP contribution in [0.2, 0.25) is 0 Å². The molecule has 1 heterocycles. The summed E-state index contributed by atoms with van der Waals surface area (Å²) in [5.74, 6) is -0.203. The highest BCUT2D eigenvalue weighted by Gasteiger charge is 2.20. The number of aromatic nitrogens is 3. The van der Waals surface area contributed by atoms with Gasteiger partial charge in [-0.05, 0) is 31.0 Å². The lowest BCUT2D eigenvalue weighted by atomic mass is 10.1. The minimum atomic E-state index is -1.33. The number of amides is 1. The number of benzene rings is 1. The first-order valence-corrected chi connectivity index (χ1v) is 8.96. The van der Waals surface area contributed by atoms with Gasteiger partial charge in [0.1, 0.15) is 12.9 Å². The summed E-state index contributed by atoms with van der Waals surface area (Å²) >= 11 is 0. The molecule has 2 rings (SSSR count). The van der Waals surface area contributed by atoms with Gasteiger partial charge in [-0.15, -0.1) is 10.2 Å². The van der Waals surface area contributed by atoms with Gasteiger partial charge in [0, 0.05) is 18.5 Å². The third-order valence-electron chi connectivity index (χ3n) is 3.76. The van der Waals surface area contributed by atoms with Crippen LogP contribution >= 0.6 is 0 Å². The smallest absolute Gasteiger partial charge is 0.247 e. The topological polar surface area (TPSA) is 91.9 Å². The summed E-state index contributed by atoms with van der Waals surface area (Å²) in [4.78, 5) is 14.4. The molecule has 0 bridgehead atoms. The second-order valence-corrected chi connectivity index (χ2v) is 6.64. The highest BCUT2D eigenvalue weighted by Crippen LogP contribution is 2.23. The first-order valence-electron chi connectivity index (χ1n) is 7.40. The number of hydrogen-bond acceptors (Lipinski definition) is 5. The summed E-state index contributed by atoms with van der Waals surface area (Å²) in [7, 11) is -1.33. The van der Waals surface area contributed by atoms with E-state index >= 15 is 0 Å². The molecule has 0 spiro atoms. The molecule has 0 saturated heterocycles. The Morgan fingerprint density at radius 1 is 1.42 bits per heavy atom. The Hall–Kier alpha value is -2.53. The molecule has 0 aliphatic carbocycles. The predicted molar refractivity (Wildman–Crippen MR) is 90.9 cm³/mol. The summed E-state index contributed by atoms with van der Waals surface area (Å²) < 4.78 is 13.1. The number of anilines is 1. The van der Waals surface area contributed by atoms with E-state index in [1.165, 1.54) is 17.2 Å². The van der Waals surface area contributed by atoms with E-state index < -0.39 is 10.8 Å². The van der Waals surface area contributed by atoms with Crippen LogP contribution in [0.15, 0.2) is 29.7 Å². The summed E-state index contributed by atoms with van der Waals surface area (Å²) in [6, 6.07) is 7.80. The second-order valence-electron chi connectivity index (χ2n) is 5.37. The predicted octanol–water partition coefficient (Wildman–Crippen LogP) is 1.58. The van der Waals surface area contributed by atoms with Gasteiger partial charge >= 0.3 is 0 Å². The van der Waals surface area contributed by atoms with Gasteiger partial charge in [0.15, 0.2) is 0 Å². The fourth-order valence-electron chi connectivity index (χ4n) is 2.38. The number of nitriles is 1. The fourth-order valence-corrected chi connectivity index (χ4v) is 2.98. The van der Waals surface area contributed by atoms with Crippen molar-refractivity contribution in [2.75, 3.05) is 17.7 Å². The van der Waals surface area contributed by atoms with E-state index in [-0.39, 0.29) is 24.0 Å². The molecule has 126 valence electrons. The number of nitrogens with zero attached hydrogens (tertiary/aromatic N) is 5. The zero-order chi connectivity index (χ0) is 17.7. The molecule has 1 atom stereocenters. The Balaban J connectivity index is 2.32. The van der Waals surface area contributed by atoms with Crippen molar-refractivity contribution >= 4 is 22.4 Å². The molecule has 24 heavy (non-hydrogen) atoms. The van der Waals surface area contributed by atoms with Crippen molar-refractivity contribution in [2.45, 2.75) is 32.0 Å². The van der Waals surface area contributed by atoms with Crippen LogP contribution < -0.4 is 4.90 Å². The lowest BCUT2D eigenvalue weighted by Crippen LogP contribution is -2.35. The number of carbonyl (C=O) groups is 1. The van der Waals surface area contributed by atoms with E-state index in [0.717, 1.165) is 16.8 Å². The highest BCUT2D eigenvalue weighted by atomic mass is 32.2. The molecule has 2 aromatic rings. The maximum atomic E-state index is 12.8. The van der Waals surface area contributed by atoms with Crippen LogP contribution in [-0.4, -0.2) is 37.7 Å². The number of rotatable bonds is 6. The van der Waals surface area contributed by atoms with Crippen molar-refractivity contribution in [1.82, 2.24) is 14.8 Å². The monoisotopic (exact) mass is 345 g/mol. The minimum absolute atomic E-state index is 0.0271. The zero-order valence-corrected chi connectivity index (χ0v) is 14.7. The SMILES string of the molecule is Cc1cccc(N(CCC#N)C(=O)Cn2cnnc2[S@@](C)=O)c1C. The average Bonchev–Trinajstić information content (AvgIpc) is 3.00. The standard InChI is InChI=1S/C16H19N5O2S/c1-12-6-4-7-14(13(12)2)21(9-5-8-17)15(22)10-20-11-18-19-16(20)24(3)23/h4,6-7,11H,5,9-10H2,1-3H3/t24-/m1/s1. The van der Waals surface area contributed by atoms with E-state index in [1.54, 1.807) is 4.90 Å². The van der Waals surface area contributed by atoms with Crippen LogP contribution in [0.3, 0.4) is 0 Å². The van der Waals surface area contributed by atoms with E-state index in [9.17, 15) is 9.00 Å². The molecule has 0 radical (unpaired) electrons. The van der Waals surface area contributed by atoms with Crippen LogP contribution in [0.25, 0.3) is 0 Å². The van der Waals surface area contributed by atoms with Crippen LogP contribution in [0.1, 0.15) is 17.5 Å². The number of carbonyl (C=O) groups excluding carboxylic acids is 1. The largest absolute Gasteiger partial charge is 0.310 e. The maximum Gasteiger partial charge on any atom is 0.247 e. The summed E-state index contributed by atoms with van der Waals surface area (Å²) in [5.41, 5.74) is 2.84. The molecule has 0 aliphatic rings. The molecule has 8 heteroatoms. The van der Waals surface area contributed by atoms with E-state index in [4.69, 9.17) is 5.26 Å². The maximum absolute atomic E-state index is 12.8. The van der Waals surface area contributed by atoms with Gasteiger partial charge in [0.05, 0.1) is 23.3 Å². The molecule has 0 saturated carbocycles. The molecule has 0 aliphatic heterocycles. The summed E-state index contributed by atoms with van der Waals surface area (Å²) in [5, 5.41) is 16.6. The van der Waals surface area contributed by atoms with Gasteiger partial charge in [0.2, 0.25) is 11.1 Å².